The highest BCUT2D eigenvalue weighted by Crippen LogP contribution is 2.29. The topological polar surface area (TPSA) is 90.3 Å². The predicted molar refractivity (Wildman–Crippen MR) is 109 cm³/mol. The molecule has 8 nitrogen and oxygen atoms in total. The Morgan fingerprint density at radius 3 is 2.79 bits per heavy atom. The molecule has 1 aromatic carbocycles. The van der Waals surface area contributed by atoms with Gasteiger partial charge in [-0.15, -0.1) is 0 Å². The molecular weight excluding hydrogens is 392 g/mol. The van der Waals surface area contributed by atoms with Gasteiger partial charge < -0.3 is 8.98 Å². The zero-order valence-electron chi connectivity index (χ0n) is 16.1. The van der Waals surface area contributed by atoms with E-state index in [4.69, 9.17) is 4.42 Å². The largest absolute Gasteiger partial charge is 0.464 e. The molecule has 0 saturated heterocycles. The minimum atomic E-state index is -3.29. The van der Waals surface area contributed by atoms with Gasteiger partial charge >= 0.3 is 0 Å². The number of aryl methyl sites for hydroxylation is 1. The van der Waals surface area contributed by atoms with Crippen molar-refractivity contribution in [2.24, 2.45) is 7.05 Å². The van der Waals surface area contributed by atoms with Gasteiger partial charge in [-0.3, -0.25) is 4.79 Å². The summed E-state index contributed by atoms with van der Waals surface area (Å²) in [7, 11) is -1.47. The molecule has 29 heavy (non-hydrogen) atoms. The van der Waals surface area contributed by atoms with Gasteiger partial charge in [-0.1, -0.05) is 18.2 Å². The van der Waals surface area contributed by atoms with Crippen molar-refractivity contribution in [1.29, 1.82) is 0 Å². The quantitative estimate of drug-likeness (QED) is 0.512. The lowest BCUT2D eigenvalue weighted by molar-refractivity contribution is 0.386. The van der Waals surface area contributed by atoms with Gasteiger partial charge in [0.15, 0.2) is 0 Å². The van der Waals surface area contributed by atoms with Crippen molar-refractivity contribution < 1.29 is 12.8 Å². The van der Waals surface area contributed by atoms with E-state index >= 15 is 0 Å². The number of sulfonamides is 1. The van der Waals surface area contributed by atoms with Gasteiger partial charge in [0.2, 0.25) is 10.0 Å². The van der Waals surface area contributed by atoms with E-state index in [1.165, 1.54) is 15.2 Å². The van der Waals surface area contributed by atoms with Crippen LogP contribution in [0.25, 0.3) is 21.9 Å². The number of fused-ring (bicyclic) bond motifs is 4. The average molecular weight is 412 g/mol. The molecule has 0 N–H and O–H groups in total. The first-order valence-electron chi connectivity index (χ1n) is 9.31. The number of aromatic nitrogens is 3. The maximum atomic E-state index is 13.2. The second kappa shape index (κ2) is 6.30. The molecule has 0 amide bonds. The lowest BCUT2D eigenvalue weighted by Gasteiger charge is -2.25. The van der Waals surface area contributed by atoms with Crippen LogP contribution in [0.15, 0.2) is 45.9 Å². The van der Waals surface area contributed by atoms with Crippen LogP contribution in [0.2, 0.25) is 0 Å². The molecule has 4 heterocycles. The normalized spacial score (nSPS) is 15.2. The number of benzene rings is 1. The fourth-order valence-corrected chi connectivity index (χ4v) is 4.97. The van der Waals surface area contributed by atoms with Crippen molar-refractivity contribution in [2.75, 3.05) is 12.8 Å². The minimum absolute atomic E-state index is 0.199. The number of furan rings is 1. The third-order valence-electron chi connectivity index (χ3n) is 5.72. The summed E-state index contributed by atoms with van der Waals surface area (Å²) in [6.45, 7) is 0.983. The summed E-state index contributed by atoms with van der Waals surface area (Å²) >= 11 is 0. The van der Waals surface area contributed by atoms with Crippen molar-refractivity contribution in [3.05, 3.63) is 63.9 Å². The Bertz CT molecular complexity index is 1430. The molecule has 9 heteroatoms. The molecule has 0 aliphatic carbocycles. The molecule has 0 spiro atoms. The SMILES string of the molecule is Cn1c2c(c3cnn(Cc4coc5ccccc45)c(=O)c31)CCN(S(C)(=O)=O)C2. The molecule has 5 rings (SSSR count). The van der Waals surface area contributed by atoms with Crippen LogP contribution in [0.5, 0.6) is 0 Å². The Balaban J connectivity index is 1.61. The summed E-state index contributed by atoms with van der Waals surface area (Å²) in [5.74, 6) is 0. The van der Waals surface area contributed by atoms with Gasteiger partial charge in [-0.2, -0.15) is 9.40 Å². The van der Waals surface area contributed by atoms with Crippen LogP contribution in [0.3, 0.4) is 0 Å². The monoisotopic (exact) mass is 412 g/mol. The number of hydrogen-bond donors (Lipinski definition) is 0. The van der Waals surface area contributed by atoms with E-state index in [0.29, 0.717) is 25.0 Å². The van der Waals surface area contributed by atoms with E-state index in [-0.39, 0.29) is 12.1 Å². The Morgan fingerprint density at radius 2 is 2.00 bits per heavy atom. The number of para-hydroxylation sites is 1. The van der Waals surface area contributed by atoms with Crippen LogP contribution in [-0.2, 0) is 36.6 Å². The highest BCUT2D eigenvalue weighted by atomic mass is 32.2. The third-order valence-corrected chi connectivity index (χ3v) is 6.97. The summed E-state index contributed by atoms with van der Waals surface area (Å²) in [6.07, 6.45) is 5.15. The molecule has 0 saturated carbocycles. The van der Waals surface area contributed by atoms with Crippen LogP contribution in [-0.4, -0.2) is 39.9 Å². The maximum absolute atomic E-state index is 13.2. The summed E-state index contributed by atoms with van der Waals surface area (Å²) in [6, 6.07) is 7.68. The first kappa shape index (κ1) is 18.1. The molecular formula is C20H20N4O4S. The Morgan fingerprint density at radius 1 is 1.21 bits per heavy atom. The predicted octanol–water partition coefficient (Wildman–Crippen LogP) is 1.85. The lowest BCUT2D eigenvalue weighted by atomic mass is 10.1. The van der Waals surface area contributed by atoms with Gasteiger partial charge in [-0.05, 0) is 18.1 Å². The number of hydrogen-bond acceptors (Lipinski definition) is 5. The Hall–Kier alpha value is -2.91. The van der Waals surface area contributed by atoms with E-state index in [0.717, 1.165) is 33.2 Å². The summed E-state index contributed by atoms with van der Waals surface area (Å²) in [5, 5.41) is 6.15. The van der Waals surface area contributed by atoms with Crippen LogP contribution in [0.4, 0.5) is 0 Å². The van der Waals surface area contributed by atoms with Gasteiger partial charge in [0.1, 0.15) is 11.1 Å². The van der Waals surface area contributed by atoms with Gasteiger partial charge in [0, 0.05) is 35.6 Å². The molecule has 3 aromatic heterocycles. The maximum Gasteiger partial charge on any atom is 0.291 e. The lowest BCUT2D eigenvalue weighted by Crippen LogP contribution is -2.35. The molecule has 0 fully saturated rings. The standard InChI is InChI=1S/C20H20N4O4S/c1-22-17-11-23(29(2,26)27)8-7-15(17)16-9-21-24(20(25)19(16)22)10-13-12-28-18-6-4-3-5-14(13)18/h3-6,9,12H,7-8,10-11H2,1-2H3. The van der Waals surface area contributed by atoms with Gasteiger partial charge in [-0.25, -0.2) is 13.1 Å². The highest BCUT2D eigenvalue weighted by Gasteiger charge is 2.29. The van der Waals surface area contributed by atoms with E-state index < -0.39 is 10.0 Å². The fraction of sp³-hybridized carbons (Fsp3) is 0.300. The number of rotatable bonds is 3. The summed E-state index contributed by atoms with van der Waals surface area (Å²) < 4.78 is 34.2. The second-order valence-corrected chi connectivity index (χ2v) is 9.44. The fourth-order valence-electron chi connectivity index (χ4n) is 4.19. The van der Waals surface area contributed by atoms with Crippen molar-refractivity contribution in [3.8, 4) is 0 Å². The first-order valence-corrected chi connectivity index (χ1v) is 11.2. The summed E-state index contributed by atoms with van der Waals surface area (Å²) in [4.78, 5) is 13.2. The van der Waals surface area contributed by atoms with Crippen LogP contribution in [0, 0.1) is 0 Å². The average Bonchev–Trinajstić information content (AvgIpc) is 3.23. The molecule has 1 aliphatic heterocycles. The van der Waals surface area contributed by atoms with E-state index in [1.54, 1.807) is 12.5 Å². The molecule has 4 aromatic rings. The molecule has 0 radical (unpaired) electrons. The Kier molecular flexibility index (Phi) is 3.94. The van der Waals surface area contributed by atoms with Crippen molar-refractivity contribution >= 4 is 31.9 Å². The number of nitrogens with zero attached hydrogens (tertiary/aromatic N) is 4. The van der Waals surface area contributed by atoms with Crippen molar-refractivity contribution in [2.45, 2.75) is 19.5 Å². The highest BCUT2D eigenvalue weighted by molar-refractivity contribution is 7.88. The van der Waals surface area contributed by atoms with E-state index in [2.05, 4.69) is 5.10 Å². The molecule has 0 atom stereocenters. The van der Waals surface area contributed by atoms with Crippen LogP contribution < -0.4 is 5.56 Å². The van der Waals surface area contributed by atoms with E-state index in [9.17, 15) is 13.2 Å². The molecule has 150 valence electrons. The smallest absolute Gasteiger partial charge is 0.291 e. The molecule has 1 aliphatic rings. The molecule has 0 bridgehead atoms. The van der Waals surface area contributed by atoms with E-state index in [1.807, 2.05) is 35.9 Å². The van der Waals surface area contributed by atoms with Crippen molar-refractivity contribution in [3.63, 3.8) is 0 Å². The Labute approximate surface area is 167 Å². The second-order valence-electron chi connectivity index (χ2n) is 7.46. The zero-order valence-corrected chi connectivity index (χ0v) is 16.9. The third kappa shape index (κ3) is 2.80. The van der Waals surface area contributed by atoms with Gasteiger partial charge in [0.05, 0.1) is 31.8 Å². The first-order chi connectivity index (χ1) is 13.8. The zero-order chi connectivity index (χ0) is 20.3. The van der Waals surface area contributed by atoms with Crippen molar-refractivity contribution in [1.82, 2.24) is 18.7 Å². The summed E-state index contributed by atoms with van der Waals surface area (Å²) in [5.41, 5.74) is 3.86. The minimum Gasteiger partial charge on any atom is -0.464 e. The van der Waals surface area contributed by atoms with Crippen LogP contribution in [0.1, 0.15) is 16.8 Å². The van der Waals surface area contributed by atoms with Gasteiger partial charge in [0.25, 0.3) is 5.56 Å². The van der Waals surface area contributed by atoms with Crippen LogP contribution >= 0.6 is 0 Å². The molecule has 0 unspecified atom stereocenters.